The molecule has 0 aliphatic carbocycles. The van der Waals surface area contributed by atoms with Crippen LogP contribution in [0.4, 0.5) is 0 Å². The third-order valence-corrected chi connectivity index (χ3v) is 5.77. The Morgan fingerprint density at radius 1 is 0.697 bits per heavy atom. The Balaban J connectivity index is 1.73. The van der Waals surface area contributed by atoms with Gasteiger partial charge in [0.25, 0.3) is 0 Å². The molecule has 0 aromatic heterocycles. The Morgan fingerprint density at radius 2 is 1.18 bits per heavy atom. The van der Waals surface area contributed by atoms with Crippen LogP contribution in [0.15, 0.2) is 18.2 Å². The molecule has 180 valence electrons. The number of aliphatic hydroxyl groups is 8. The molecule has 33 heavy (non-hydrogen) atoms. The smallest absolute Gasteiger partial charge is 0.147 e. The normalized spacial score (nSPS) is 38.6. The minimum atomic E-state index is -1.54. The fraction of sp³-hybridized carbons (Fsp3) is 0.545. The molecule has 0 spiro atoms. The number of benzene rings is 1. The average molecular weight is 485 g/mol. The molecular formula is C22H25ClO10. The molecule has 3 rings (SSSR count). The SMILES string of the molecule is OC[C@H]1O[C@H](C#Cc2ccc(C#C[C@H]3O[C@H](CO)[C@@H](O)[C@H](O)[C@@H]3O)c(Cl)c2)[C@@H](O)[C@@H](O)[C@@H]1O. The van der Waals surface area contributed by atoms with E-state index in [1.54, 1.807) is 6.07 Å². The highest BCUT2D eigenvalue weighted by atomic mass is 35.5. The predicted octanol–water partition coefficient (Wildman–Crippen LogP) is -3.27. The fourth-order valence-electron chi connectivity index (χ4n) is 3.44. The lowest BCUT2D eigenvalue weighted by Crippen LogP contribution is -2.58. The van der Waals surface area contributed by atoms with Gasteiger partial charge in [-0.15, -0.1) is 0 Å². The van der Waals surface area contributed by atoms with Gasteiger partial charge >= 0.3 is 0 Å². The highest BCUT2D eigenvalue weighted by Crippen LogP contribution is 2.23. The monoisotopic (exact) mass is 484 g/mol. The lowest BCUT2D eigenvalue weighted by atomic mass is 9.95. The summed E-state index contributed by atoms with van der Waals surface area (Å²) in [6.07, 6.45) is -13.4. The predicted molar refractivity (Wildman–Crippen MR) is 113 cm³/mol. The minimum absolute atomic E-state index is 0.202. The maximum Gasteiger partial charge on any atom is 0.147 e. The quantitative estimate of drug-likeness (QED) is 0.198. The van der Waals surface area contributed by atoms with Crippen molar-refractivity contribution in [3.63, 3.8) is 0 Å². The molecule has 2 aliphatic heterocycles. The lowest BCUT2D eigenvalue weighted by Gasteiger charge is -2.37. The zero-order valence-corrected chi connectivity index (χ0v) is 17.9. The van der Waals surface area contributed by atoms with Gasteiger partial charge in [0, 0.05) is 11.1 Å². The van der Waals surface area contributed by atoms with Crippen molar-refractivity contribution in [2.24, 2.45) is 0 Å². The number of aliphatic hydroxyl groups excluding tert-OH is 8. The van der Waals surface area contributed by atoms with Crippen LogP contribution in [0.2, 0.25) is 5.02 Å². The summed E-state index contributed by atoms with van der Waals surface area (Å²) in [6.45, 7) is -1.12. The van der Waals surface area contributed by atoms with Crippen LogP contribution in [0.5, 0.6) is 0 Å². The number of hydrogen-bond acceptors (Lipinski definition) is 10. The van der Waals surface area contributed by atoms with Crippen molar-refractivity contribution < 1.29 is 50.3 Å². The highest BCUT2D eigenvalue weighted by Gasteiger charge is 2.43. The van der Waals surface area contributed by atoms with Crippen LogP contribution >= 0.6 is 11.6 Å². The molecule has 0 amide bonds. The number of ether oxygens (including phenoxy) is 2. The Kier molecular flexibility index (Phi) is 8.70. The zero-order chi connectivity index (χ0) is 24.3. The van der Waals surface area contributed by atoms with Gasteiger partial charge in [-0.3, -0.25) is 0 Å². The molecular weight excluding hydrogens is 460 g/mol. The summed E-state index contributed by atoms with van der Waals surface area (Å²) in [4.78, 5) is 0. The van der Waals surface area contributed by atoms with Gasteiger partial charge in [-0.1, -0.05) is 35.3 Å². The molecule has 2 heterocycles. The van der Waals surface area contributed by atoms with Crippen LogP contribution in [-0.2, 0) is 9.47 Å². The summed E-state index contributed by atoms with van der Waals surface area (Å²) in [5.74, 6) is 10.7. The second-order valence-electron chi connectivity index (χ2n) is 7.73. The van der Waals surface area contributed by atoms with E-state index in [0.717, 1.165) is 0 Å². The summed E-state index contributed by atoms with van der Waals surface area (Å²) >= 11 is 6.24. The summed E-state index contributed by atoms with van der Waals surface area (Å²) in [5.41, 5.74) is 0.780. The summed E-state index contributed by atoms with van der Waals surface area (Å²) in [5, 5.41) is 78.0. The number of halogens is 1. The van der Waals surface area contributed by atoms with Gasteiger partial charge in [0.2, 0.25) is 0 Å². The molecule has 2 aliphatic rings. The van der Waals surface area contributed by atoms with Gasteiger partial charge in [0.1, 0.15) is 61.0 Å². The van der Waals surface area contributed by atoms with Gasteiger partial charge < -0.3 is 50.3 Å². The van der Waals surface area contributed by atoms with E-state index in [1.165, 1.54) is 12.1 Å². The Morgan fingerprint density at radius 3 is 1.64 bits per heavy atom. The Labute approximate surface area is 194 Å². The van der Waals surface area contributed by atoms with Gasteiger partial charge in [0.05, 0.1) is 18.2 Å². The first kappa shape index (κ1) is 25.8. The summed E-state index contributed by atoms with van der Waals surface area (Å²) in [7, 11) is 0. The van der Waals surface area contributed by atoms with Crippen molar-refractivity contribution in [3.05, 3.63) is 34.3 Å². The third kappa shape index (κ3) is 5.66. The van der Waals surface area contributed by atoms with Crippen molar-refractivity contribution in [2.45, 2.75) is 61.0 Å². The lowest BCUT2D eigenvalue weighted by molar-refractivity contribution is -0.214. The molecule has 11 heteroatoms. The van der Waals surface area contributed by atoms with Crippen LogP contribution in [-0.4, -0.2) is 115 Å². The largest absolute Gasteiger partial charge is 0.394 e. The van der Waals surface area contributed by atoms with Crippen molar-refractivity contribution in [3.8, 4) is 23.7 Å². The maximum atomic E-state index is 10.0. The third-order valence-electron chi connectivity index (χ3n) is 5.46. The average Bonchev–Trinajstić information content (AvgIpc) is 2.81. The molecule has 1 aromatic rings. The summed E-state index contributed by atoms with van der Waals surface area (Å²) < 4.78 is 10.6. The minimum Gasteiger partial charge on any atom is -0.394 e. The standard InChI is InChI=1S/C22H25ClO10/c23-12-7-10(2-5-13-17(26)21(30)19(28)15(8-24)32-13)1-3-11(12)4-6-14-18(27)22(31)20(29)16(9-25)33-14/h1,3,7,13-22,24-31H,8-9H2/t13-,14-,15-,16-,17-,18-,19-,20-,21-,22-/m1/s1. The molecule has 0 unspecified atom stereocenters. The molecule has 2 fully saturated rings. The van der Waals surface area contributed by atoms with Crippen LogP contribution in [0.25, 0.3) is 0 Å². The molecule has 0 saturated carbocycles. The molecule has 2 saturated heterocycles. The molecule has 10 nitrogen and oxygen atoms in total. The second-order valence-corrected chi connectivity index (χ2v) is 8.14. The van der Waals surface area contributed by atoms with Crippen LogP contribution in [0.3, 0.4) is 0 Å². The first-order valence-electron chi connectivity index (χ1n) is 10.1. The highest BCUT2D eigenvalue weighted by molar-refractivity contribution is 6.31. The zero-order valence-electron chi connectivity index (χ0n) is 17.2. The van der Waals surface area contributed by atoms with Crippen molar-refractivity contribution in [2.75, 3.05) is 13.2 Å². The number of rotatable bonds is 2. The van der Waals surface area contributed by atoms with Crippen LogP contribution in [0.1, 0.15) is 11.1 Å². The van der Waals surface area contributed by atoms with E-state index in [-0.39, 0.29) is 5.02 Å². The van der Waals surface area contributed by atoms with Crippen LogP contribution in [0, 0.1) is 23.7 Å². The topological polar surface area (TPSA) is 180 Å². The van der Waals surface area contributed by atoms with Crippen LogP contribution < -0.4 is 0 Å². The molecule has 1 aromatic carbocycles. The Hall–Kier alpha value is -1.77. The van der Waals surface area contributed by atoms with E-state index in [2.05, 4.69) is 23.7 Å². The molecule has 8 N–H and O–H groups in total. The first-order valence-corrected chi connectivity index (χ1v) is 10.5. The molecule has 0 radical (unpaired) electrons. The van der Waals surface area contributed by atoms with E-state index >= 15 is 0 Å². The van der Waals surface area contributed by atoms with Gasteiger partial charge in [-0.05, 0) is 18.2 Å². The van der Waals surface area contributed by atoms with E-state index in [4.69, 9.17) is 21.1 Å². The number of hydrogen-bond donors (Lipinski definition) is 8. The molecule has 0 bridgehead atoms. The summed E-state index contributed by atoms with van der Waals surface area (Å²) in [6, 6.07) is 4.59. The van der Waals surface area contributed by atoms with Gasteiger partial charge in [-0.2, -0.15) is 0 Å². The first-order chi connectivity index (χ1) is 15.7. The van der Waals surface area contributed by atoms with Crippen molar-refractivity contribution >= 4 is 11.6 Å². The van der Waals surface area contributed by atoms with Crippen molar-refractivity contribution in [1.29, 1.82) is 0 Å². The fourth-order valence-corrected chi connectivity index (χ4v) is 3.67. The van der Waals surface area contributed by atoms with Gasteiger partial charge in [0.15, 0.2) is 0 Å². The van der Waals surface area contributed by atoms with E-state index in [0.29, 0.717) is 11.1 Å². The molecule has 10 atom stereocenters. The maximum absolute atomic E-state index is 10.0. The van der Waals surface area contributed by atoms with E-state index < -0.39 is 74.3 Å². The van der Waals surface area contributed by atoms with Gasteiger partial charge in [-0.25, -0.2) is 0 Å². The van der Waals surface area contributed by atoms with Crippen molar-refractivity contribution in [1.82, 2.24) is 0 Å². The van der Waals surface area contributed by atoms with E-state index in [1.807, 2.05) is 0 Å². The van der Waals surface area contributed by atoms with E-state index in [9.17, 15) is 40.9 Å². The second kappa shape index (κ2) is 11.1. The Bertz CT molecular complexity index is 946.